The molecule has 1 amide bonds. The summed E-state index contributed by atoms with van der Waals surface area (Å²) in [5, 5.41) is 7.48. The van der Waals surface area contributed by atoms with Crippen molar-refractivity contribution in [1.29, 1.82) is 0 Å². The van der Waals surface area contributed by atoms with Crippen LogP contribution in [0, 0.1) is 0 Å². The lowest BCUT2D eigenvalue weighted by Crippen LogP contribution is -2.30. The van der Waals surface area contributed by atoms with Gasteiger partial charge in [-0.3, -0.25) is 10.2 Å². The first-order chi connectivity index (χ1) is 9.72. The number of nitrogens with zero attached hydrogens (tertiary/aromatic N) is 3. The van der Waals surface area contributed by atoms with E-state index in [0.29, 0.717) is 18.9 Å². The molecule has 0 spiro atoms. The number of nitrogens with one attached hydrogen (secondary N) is 1. The molecule has 0 bridgehead atoms. The van der Waals surface area contributed by atoms with E-state index in [-0.39, 0.29) is 5.69 Å². The molecule has 0 unspecified atom stereocenters. The minimum Gasteiger partial charge on any atom is -0.497 e. The summed E-state index contributed by atoms with van der Waals surface area (Å²) in [6.45, 7) is 0.849. The SMILES string of the molecule is COc1cccc(OCCn2cc(C(=O)NN)nn2)c1. The number of amides is 1. The van der Waals surface area contributed by atoms with E-state index in [9.17, 15) is 4.79 Å². The normalized spacial score (nSPS) is 10.1. The Hall–Kier alpha value is -2.61. The number of nitrogen functional groups attached to an aromatic ring is 1. The van der Waals surface area contributed by atoms with Gasteiger partial charge in [0, 0.05) is 6.07 Å². The Kier molecular flexibility index (Phi) is 4.51. The third kappa shape index (κ3) is 3.45. The zero-order valence-electron chi connectivity index (χ0n) is 10.9. The Balaban J connectivity index is 1.86. The van der Waals surface area contributed by atoms with Gasteiger partial charge in [-0.25, -0.2) is 10.5 Å². The second-order valence-electron chi connectivity index (χ2n) is 3.87. The minimum absolute atomic E-state index is 0.161. The quantitative estimate of drug-likeness (QED) is 0.436. The third-order valence-corrected chi connectivity index (χ3v) is 2.53. The summed E-state index contributed by atoms with van der Waals surface area (Å²) >= 11 is 0. The monoisotopic (exact) mass is 277 g/mol. The maximum absolute atomic E-state index is 11.2. The second kappa shape index (κ2) is 6.53. The van der Waals surface area contributed by atoms with Crippen molar-refractivity contribution in [3.63, 3.8) is 0 Å². The fourth-order valence-corrected chi connectivity index (χ4v) is 1.53. The summed E-state index contributed by atoms with van der Waals surface area (Å²) in [5.41, 5.74) is 2.15. The van der Waals surface area contributed by atoms with Gasteiger partial charge in [0.25, 0.3) is 5.91 Å². The van der Waals surface area contributed by atoms with Crippen molar-refractivity contribution in [3.05, 3.63) is 36.2 Å². The van der Waals surface area contributed by atoms with Crippen LogP contribution < -0.4 is 20.7 Å². The van der Waals surface area contributed by atoms with Crippen LogP contribution in [0.2, 0.25) is 0 Å². The fourth-order valence-electron chi connectivity index (χ4n) is 1.53. The maximum Gasteiger partial charge on any atom is 0.287 e. The Morgan fingerprint density at radius 2 is 2.25 bits per heavy atom. The van der Waals surface area contributed by atoms with E-state index in [2.05, 4.69) is 10.3 Å². The molecular formula is C12H15N5O3. The molecule has 3 N–H and O–H groups in total. The topological polar surface area (TPSA) is 104 Å². The van der Waals surface area contributed by atoms with Crippen LogP contribution >= 0.6 is 0 Å². The predicted octanol–water partition coefficient (Wildman–Crippen LogP) is -0.0308. The Labute approximate surface area is 115 Å². The van der Waals surface area contributed by atoms with Crippen molar-refractivity contribution < 1.29 is 14.3 Å². The number of rotatable bonds is 6. The number of nitrogens with two attached hydrogens (primary N) is 1. The zero-order valence-corrected chi connectivity index (χ0v) is 10.9. The van der Waals surface area contributed by atoms with Crippen molar-refractivity contribution in [2.24, 2.45) is 5.84 Å². The average Bonchev–Trinajstić information content (AvgIpc) is 2.95. The largest absolute Gasteiger partial charge is 0.497 e. The number of hydrogen-bond donors (Lipinski definition) is 2. The number of hydrogen-bond acceptors (Lipinski definition) is 6. The number of hydrazine groups is 1. The third-order valence-electron chi connectivity index (χ3n) is 2.53. The molecule has 0 aliphatic rings. The summed E-state index contributed by atoms with van der Waals surface area (Å²) in [6, 6.07) is 7.29. The lowest BCUT2D eigenvalue weighted by molar-refractivity contribution is 0.0948. The van der Waals surface area contributed by atoms with E-state index in [0.717, 1.165) is 5.75 Å². The highest BCUT2D eigenvalue weighted by Gasteiger charge is 2.08. The van der Waals surface area contributed by atoms with Crippen LogP contribution in [-0.2, 0) is 6.54 Å². The van der Waals surface area contributed by atoms with E-state index in [4.69, 9.17) is 15.3 Å². The van der Waals surface area contributed by atoms with Gasteiger partial charge in [-0.2, -0.15) is 0 Å². The van der Waals surface area contributed by atoms with Crippen molar-refractivity contribution in [2.75, 3.05) is 13.7 Å². The molecule has 0 saturated carbocycles. The van der Waals surface area contributed by atoms with E-state index in [1.54, 1.807) is 13.2 Å². The smallest absolute Gasteiger partial charge is 0.287 e. The first-order valence-electron chi connectivity index (χ1n) is 5.91. The molecule has 20 heavy (non-hydrogen) atoms. The average molecular weight is 277 g/mol. The van der Waals surface area contributed by atoms with Gasteiger partial charge in [0.2, 0.25) is 0 Å². The molecule has 0 atom stereocenters. The molecule has 8 heteroatoms. The van der Waals surface area contributed by atoms with Crippen molar-refractivity contribution >= 4 is 5.91 Å². The zero-order chi connectivity index (χ0) is 14.4. The Bertz CT molecular complexity index is 584. The van der Waals surface area contributed by atoms with Gasteiger partial charge >= 0.3 is 0 Å². The minimum atomic E-state index is -0.482. The van der Waals surface area contributed by atoms with Crippen LogP contribution in [0.25, 0.3) is 0 Å². The van der Waals surface area contributed by atoms with Crippen LogP contribution in [0.1, 0.15) is 10.5 Å². The highest BCUT2D eigenvalue weighted by molar-refractivity contribution is 5.91. The van der Waals surface area contributed by atoms with E-state index >= 15 is 0 Å². The standard InChI is InChI=1S/C12H15N5O3/c1-19-9-3-2-4-10(7-9)20-6-5-17-8-11(15-16-17)12(18)14-13/h2-4,7-8H,5-6,13H2,1H3,(H,14,18). The Morgan fingerprint density at radius 1 is 1.45 bits per heavy atom. The van der Waals surface area contributed by atoms with Gasteiger partial charge in [-0.15, -0.1) is 5.10 Å². The number of carbonyl (C=O) groups excluding carboxylic acids is 1. The molecule has 106 valence electrons. The van der Waals surface area contributed by atoms with Crippen LogP contribution in [0.3, 0.4) is 0 Å². The first-order valence-corrected chi connectivity index (χ1v) is 5.91. The summed E-state index contributed by atoms with van der Waals surface area (Å²) in [7, 11) is 1.60. The summed E-state index contributed by atoms with van der Waals surface area (Å²) < 4.78 is 12.2. The molecule has 2 aromatic rings. The number of benzene rings is 1. The summed E-state index contributed by atoms with van der Waals surface area (Å²) in [6.07, 6.45) is 1.50. The van der Waals surface area contributed by atoms with E-state index in [1.807, 2.05) is 23.6 Å². The molecule has 1 aromatic carbocycles. The summed E-state index contributed by atoms with van der Waals surface area (Å²) in [5.74, 6) is 5.95. The summed E-state index contributed by atoms with van der Waals surface area (Å²) in [4.78, 5) is 11.2. The van der Waals surface area contributed by atoms with Gasteiger partial charge in [-0.1, -0.05) is 11.3 Å². The van der Waals surface area contributed by atoms with Gasteiger partial charge in [0.1, 0.15) is 18.1 Å². The highest BCUT2D eigenvalue weighted by atomic mass is 16.5. The molecule has 0 fully saturated rings. The van der Waals surface area contributed by atoms with E-state index < -0.39 is 5.91 Å². The van der Waals surface area contributed by atoms with Crippen molar-refractivity contribution in [2.45, 2.75) is 6.54 Å². The first kappa shape index (κ1) is 13.8. The number of methoxy groups -OCH3 is 1. The molecule has 0 aliphatic heterocycles. The van der Waals surface area contributed by atoms with E-state index in [1.165, 1.54) is 10.9 Å². The van der Waals surface area contributed by atoms with Crippen LogP contribution in [-0.4, -0.2) is 34.6 Å². The molecule has 0 radical (unpaired) electrons. The molecule has 0 saturated heterocycles. The second-order valence-corrected chi connectivity index (χ2v) is 3.87. The van der Waals surface area contributed by atoms with Crippen molar-refractivity contribution in [1.82, 2.24) is 20.4 Å². The lowest BCUT2D eigenvalue weighted by atomic mass is 10.3. The number of ether oxygens (including phenoxy) is 2. The predicted molar refractivity (Wildman–Crippen MR) is 70.2 cm³/mol. The van der Waals surface area contributed by atoms with Crippen LogP contribution in [0.15, 0.2) is 30.5 Å². The molecular weight excluding hydrogens is 262 g/mol. The molecule has 8 nitrogen and oxygen atoms in total. The highest BCUT2D eigenvalue weighted by Crippen LogP contribution is 2.18. The molecule has 1 heterocycles. The molecule has 1 aromatic heterocycles. The Morgan fingerprint density at radius 3 is 3.00 bits per heavy atom. The number of carbonyl (C=O) groups is 1. The molecule has 0 aliphatic carbocycles. The van der Waals surface area contributed by atoms with Crippen molar-refractivity contribution in [3.8, 4) is 11.5 Å². The fraction of sp³-hybridized carbons (Fsp3) is 0.250. The molecule has 2 rings (SSSR count). The van der Waals surface area contributed by atoms with Crippen LogP contribution in [0.5, 0.6) is 11.5 Å². The maximum atomic E-state index is 11.2. The van der Waals surface area contributed by atoms with Gasteiger partial charge in [0.05, 0.1) is 19.9 Å². The lowest BCUT2D eigenvalue weighted by Gasteiger charge is -2.07. The van der Waals surface area contributed by atoms with Crippen LogP contribution in [0.4, 0.5) is 0 Å². The number of aromatic nitrogens is 3. The van der Waals surface area contributed by atoms with Gasteiger partial charge < -0.3 is 9.47 Å². The van der Waals surface area contributed by atoms with Gasteiger partial charge in [0.15, 0.2) is 5.69 Å². The van der Waals surface area contributed by atoms with Gasteiger partial charge in [-0.05, 0) is 12.1 Å².